The Bertz CT molecular complexity index is 1320. The molecule has 172 valence electrons. The first-order chi connectivity index (χ1) is 16.3. The standard InChI is InChI=1S/C25H22F2N6O/c1-25(27)9-11-32(15-25)23-22(19(8-10-29-23)18-4-2-3-5-20(18)26)31-24(34)33-13-16-6-7-17(12-28)30-21(16)14-33/h2-8,10H,9,11,13-15H2,1H3,(H,31,34). The van der Waals surface area contributed by atoms with E-state index in [0.29, 0.717) is 53.5 Å². The van der Waals surface area contributed by atoms with Crippen LogP contribution in [0.1, 0.15) is 30.3 Å². The zero-order chi connectivity index (χ0) is 23.9. The molecule has 1 fully saturated rings. The highest BCUT2D eigenvalue weighted by molar-refractivity contribution is 5.99. The lowest BCUT2D eigenvalue weighted by atomic mass is 10.0. The maximum atomic E-state index is 14.7. The number of rotatable bonds is 3. The summed E-state index contributed by atoms with van der Waals surface area (Å²) in [4.78, 5) is 25.4. The van der Waals surface area contributed by atoms with Crippen LogP contribution in [-0.2, 0) is 13.1 Å². The Labute approximate surface area is 195 Å². The van der Waals surface area contributed by atoms with Crippen molar-refractivity contribution in [2.75, 3.05) is 23.3 Å². The van der Waals surface area contributed by atoms with E-state index in [2.05, 4.69) is 15.3 Å². The molecule has 4 heterocycles. The fourth-order valence-corrected chi connectivity index (χ4v) is 4.47. The molecule has 0 aliphatic carbocycles. The minimum atomic E-state index is -1.38. The van der Waals surface area contributed by atoms with Crippen LogP contribution in [-0.4, -0.2) is 39.7 Å². The lowest BCUT2D eigenvalue weighted by molar-refractivity contribution is 0.212. The van der Waals surface area contributed by atoms with E-state index in [0.717, 1.165) is 5.56 Å². The van der Waals surface area contributed by atoms with E-state index in [1.54, 1.807) is 52.4 Å². The number of nitrogens with one attached hydrogen (secondary N) is 1. The van der Waals surface area contributed by atoms with Crippen LogP contribution < -0.4 is 10.2 Å². The number of carbonyl (C=O) groups is 1. The smallest absolute Gasteiger partial charge is 0.322 e. The number of hydrogen-bond donors (Lipinski definition) is 1. The molecule has 2 aromatic heterocycles. The average molecular weight is 460 g/mol. The van der Waals surface area contributed by atoms with Gasteiger partial charge in [-0.15, -0.1) is 0 Å². The van der Waals surface area contributed by atoms with E-state index in [4.69, 9.17) is 5.26 Å². The van der Waals surface area contributed by atoms with Crippen molar-refractivity contribution in [1.29, 1.82) is 5.26 Å². The molecule has 3 aromatic rings. The van der Waals surface area contributed by atoms with Crippen LogP contribution in [0, 0.1) is 17.1 Å². The molecule has 7 nitrogen and oxygen atoms in total. The topological polar surface area (TPSA) is 85.2 Å². The van der Waals surface area contributed by atoms with E-state index in [1.165, 1.54) is 13.0 Å². The van der Waals surface area contributed by atoms with E-state index >= 15 is 0 Å². The quantitative estimate of drug-likeness (QED) is 0.616. The van der Waals surface area contributed by atoms with E-state index in [1.807, 2.05) is 6.07 Å². The van der Waals surface area contributed by atoms with E-state index in [-0.39, 0.29) is 13.1 Å². The van der Waals surface area contributed by atoms with Gasteiger partial charge < -0.3 is 15.1 Å². The molecule has 0 spiro atoms. The van der Waals surface area contributed by atoms with Gasteiger partial charge in [-0.2, -0.15) is 5.26 Å². The number of carbonyl (C=O) groups excluding carboxylic acids is 1. The molecule has 0 saturated carbocycles. The highest BCUT2D eigenvalue weighted by Crippen LogP contribution is 2.39. The second kappa shape index (κ2) is 8.37. The molecule has 1 aromatic carbocycles. The first-order valence-electron chi connectivity index (χ1n) is 11.0. The number of aromatic nitrogens is 2. The zero-order valence-electron chi connectivity index (χ0n) is 18.6. The summed E-state index contributed by atoms with van der Waals surface area (Å²) in [5.41, 5.74) is 1.56. The summed E-state index contributed by atoms with van der Waals surface area (Å²) in [6.45, 7) is 2.67. The molecule has 1 atom stereocenters. The summed E-state index contributed by atoms with van der Waals surface area (Å²) in [7, 11) is 0. The van der Waals surface area contributed by atoms with Crippen molar-refractivity contribution >= 4 is 17.5 Å². The van der Waals surface area contributed by atoms with E-state index in [9.17, 15) is 13.6 Å². The van der Waals surface area contributed by atoms with E-state index < -0.39 is 17.5 Å². The zero-order valence-corrected chi connectivity index (χ0v) is 18.6. The first kappa shape index (κ1) is 21.8. The maximum Gasteiger partial charge on any atom is 0.322 e. The summed E-state index contributed by atoms with van der Waals surface area (Å²) in [6, 6.07) is 12.9. The third kappa shape index (κ3) is 4.03. The number of anilines is 2. The second-order valence-corrected chi connectivity index (χ2v) is 8.82. The van der Waals surface area contributed by atoms with Crippen LogP contribution >= 0.6 is 0 Å². The maximum absolute atomic E-state index is 14.7. The monoisotopic (exact) mass is 460 g/mol. The number of nitrogens with zero attached hydrogens (tertiary/aromatic N) is 5. The second-order valence-electron chi connectivity index (χ2n) is 8.82. The highest BCUT2D eigenvalue weighted by Gasteiger charge is 2.36. The molecule has 1 unspecified atom stereocenters. The molecule has 5 rings (SSSR count). The van der Waals surface area contributed by atoms with Crippen molar-refractivity contribution in [3.63, 3.8) is 0 Å². The van der Waals surface area contributed by atoms with Gasteiger partial charge in [-0.3, -0.25) is 0 Å². The molecule has 9 heteroatoms. The minimum absolute atomic E-state index is 0.125. The van der Waals surface area contributed by atoms with Crippen molar-refractivity contribution in [3.8, 4) is 17.2 Å². The number of fused-ring (bicyclic) bond motifs is 1. The normalized spacial score (nSPS) is 19.1. The van der Waals surface area contributed by atoms with Crippen molar-refractivity contribution in [1.82, 2.24) is 14.9 Å². The molecule has 0 radical (unpaired) electrons. The lowest BCUT2D eigenvalue weighted by Crippen LogP contribution is -2.32. The van der Waals surface area contributed by atoms with Gasteiger partial charge in [-0.1, -0.05) is 24.3 Å². The van der Waals surface area contributed by atoms with Crippen molar-refractivity contribution in [3.05, 3.63) is 71.4 Å². The molecule has 2 amide bonds. The molecule has 0 bridgehead atoms. The van der Waals surface area contributed by atoms with Crippen LogP contribution in [0.2, 0.25) is 0 Å². The molecular formula is C25H22F2N6O. The Morgan fingerprint density at radius 3 is 2.74 bits per heavy atom. The molecular weight excluding hydrogens is 438 g/mol. The van der Waals surface area contributed by atoms with Crippen molar-refractivity contribution < 1.29 is 13.6 Å². The fourth-order valence-electron chi connectivity index (χ4n) is 4.47. The van der Waals surface area contributed by atoms with Gasteiger partial charge in [0.25, 0.3) is 0 Å². The number of amides is 2. The number of hydrogen-bond acceptors (Lipinski definition) is 5. The van der Waals surface area contributed by atoms with Crippen molar-refractivity contribution in [2.24, 2.45) is 0 Å². The van der Waals surface area contributed by atoms with Crippen LogP contribution in [0.5, 0.6) is 0 Å². The number of urea groups is 1. The molecule has 2 aliphatic rings. The predicted molar refractivity (Wildman–Crippen MR) is 123 cm³/mol. The van der Waals surface area contributed by atoms with Crippen LogP contribution in [0.3, 0.4) is 0 Å². The Kier molecular flexibility index (Phi) is 5.36. The number of pyridine rings is 2. The van der Waals surface area contributed by atoms with Crippen molar-refractivity contribution in [2.45, 2.75) is 32.1 Å². The summed E-state index contributed by atoms with van der Waals surface area (Å²) in [5, 5.41) is 12.0. The van der Waals surface area contributed by atoms with Gasteiger partial charge in [-0.25, -0.2) is 23.5 Å². The number of alkyl halides is 1. The molecule has 1 saturated heterocycles. The van der Waals surface area contributed by atoms with Gasteiger partial charge in [0.2, 0.25) is 0 Å². The van der Waals surface area contributed by atoms with Crippen LogP contribution in [0.25, 0.3) is 11.1 Å². The minimum Gasteiger partial charge on any atom is -0.352 e. The summed E-state index contributed by atoms with van der Waals surface area (Å²) >= 11 is 0. The van der Waals surface area contributed by atoms with Gasteiger partial charge >= 0.3 is 6.03 Å². The summed E-state index contributed by atoms with van der Waals surface area (Å²) < 4.78 is 29.4. The van der Waals surface area contributed by atoms with Gasteiger partial charge in [0, 0.05) is 36.8 Å². The lowest BCUT2D eigenvalue weighted by Gasteiger charge is -2.25. The summed E-state index contributed by atoms with van der Waals surface area (Å²) in [6.07, 6.45) is 1.88. The Hall–Kier alpha value is -4.06. The summed E-state index contributed by atoms with van der Waals surface area (Å²) in [5.74, 6) is -0.0363. The number of nitriles is 1. The van der Waals surface area contributed by atoms with Gasteiger partial charge in [0.15, 0.2) is 5.82 Å². The predicted octanol–water partition coefficient (Wildman–Crippen LogP) is 4.64. The highest BCUT2D eigenvalue weighted by atomic mass is 19.1. The van der Waals surface area contributed by atoms with Gasteiger partial charge in [0.1, 0.15) is 23.2 Å². The van der Waals surface area contributed by atoms with Gasteiger partial charge in [0.05, 0.1) is 24.5 Å². The van der Waals surface area contributed by atoms with Crippen LogP contribution in [0.15, 0.2) is 48.7 Å². The number of benzene rings is 1. The molecule has 34 heavy (non-hydrogen) atoms. The Morgan fingerprint density at radius 1 is 1.18 bits per heavy atom. The first-order valence-corrected chi connectivity index (χ1v) is 11.0. The number of halogens is 2. The van der Waals surface area contributed by atoms with Gasteiger partial charge in [-0.05, 0) is 30.7 Å². The fraction of sp³-hybridized carbons (Fsp3) is 0.280. The third-order valence-corrected chi connectivity index (χ3v) is 6.22. The molecule has 2 aliphatic heterocycles. The Balaban J connectivity index is 1.50. The SMILES string of the molecule is CC1(F)CCN(c2nccc(-c3ccccc3F)c2NC(=O)N2Cc3ccc(C#N)nc3C2)C1. The average Bonchev–Trinajstić information content (AvgIpc) is 3.42. The van der Waals surface area contributed by atoms with Crippen LogP contribution in [0.4, 0.5) is 25.1 Å². The Morgan fingerprint density at radius 2 is 2.00 bits per heavy atom. The molecule has 1 N–H and O–H groups in total. The largest absolute Gasteiger partial charge is 0.352 e. The third-order valence-electron chi connectivity index (χ3n) is 6.22.